The first kappa shape index (κ1) is 21.1. The molecule has 1 unspecified atom stereocenters. The van der Waals surface area contributed by atoms with Crippen molar-refractivity contribution in [2.75, 3.05) is 6.61 Å². The van der Waals surface area contributed by atoms with Gasteiger partial charge in [-0.15, -0.1) is 0 Å². The van der Waals surface area contributed by atoms with Crippen LogP contribution in [0.3, 0.4) is 0 Å². The average Bonchev–Trinajstić information content (AvgIpc) is 3.00. The van der Waals surface area contributed by atoms with Gasteiger partial charge in [-0.3, -0.25) is 24.3 Å². The predicted molar refractivity (Wildman–Crippen MR) is 112 cm³/mol. The van der Waals surface area contributed by atoms with Crippen LogP contribution in [0, 0.1) is 6.92 Å². The highest BCUT2D eigenvalue weighted by atomic mass is 32.2. The highest BCUT2D eigenvalue weighted by molar-refractivity contribution is 8.15. The first-order valence-electron chi connectivity index (χ1n) is 9.77. The second-order valence-corrected chi connectivity index (χ2v) is 8.16. The molecule has 1 aliphatic heterocycles. The lowest BCUT2D eigenvalue weighted by Gasteiger charge is -2.13. The van der Waals surface area contributed by atoms with E-state index >= 15 is 0 Å². The Kier molecular flexibility index (Phi) is 7.09. The van der Waals surface area contributed by atoms with Crippen molar-refractivity contribution in [1.82, 2.24) is 14.9 Å². The van der Waals surface area contributed by atoms with Gasteiger partial charge < -0.3 is 4.74 Å². The summed E-state index contributed by atoms with van der Waals surface area (Å²) in [5.41, 5.74) is 1.65. The minimum absolute atomic E-state index is 0.0514. The number of hydrogen-bond acceptors (Lipinski definition) is 6. The zero-order valence-electron chi connectivity index (χ0n) is 16.6. The fraction of sp³-hybridized carbons (Fsp3) is 0.429. The van der Waals surface area contributed by atoms with Gasteiger partial charge in [0.1, 0.15) is 18.2 Å². The quantitative estimate of drug-likeness (QED) is 0.677. The molecule has 2 aromatic rings. The van der Waals surface area contributed by atoms with Crippen molar-refractivity contribution >= 4 is 22.9 Å². The summed E-state index contributed by atoms with van der Waals surface area (Å²) in [6.07, 6.45) is 3.30. The number of imide groups is 1. The Balaban J connectivity index is 1.56. The van der Waals surface area contributed by atoms with Crippen LogP contribution in [0.25, 0.3) is 0 Å². The van der Waals surface area contributed by atoms with E-state index in [0.29, 0.717) is 25.3 Å². The number of amides is 2. The third-order valence-electron chi connectivity index (χ3n) is 4.66. The highest BCUT2D eigenvalue weighted by Gasteiger charge is 2.31. The summed E-state index contributed by atoms with van der Waals surface area (Å²) < 4.78 is 7.48. The molecule has 1 aliphatic rings. The molecule has 2 heterocycles. The molecule has 0 radical (unpaired) electrons. The van der Waals surface area contributed by atoms with Crippen LogP contribution in [0.4, 0.5) is 4.79 Å². The summed E-state index contributed by atoms with van der Waals surface area (Å²) >= 11 is 1.02. The van der Waals surface area contributed by atoms with Crippen LogP contribution in [0.2, 0.25) is 0 Å². The number of thioether (sulfide) groups is 1. The lowest BCUT2D eigenvalue weighted by molar-refractivity contribution is -0.118. The van der Waals surface area contributed by atoms with Gasteiger partial charge in [0.2, 0.25) is 5.91 Å². The molecule has 7 nitrogen and oxygen atoms in total. The maximum atomic E-state index is 12.3. The summed E-state index contributed by atoms with van der Waals surface area (Å²) in [4.78, 5) is 39.8. The molecule has 0 aliphatic carbocycles. The molecule has 8 heteroatoms. The molecular weight excluding hydrogens is 390 g/mol. The molecule has 1 N–H and O–H groups in total. The minimum Gasteiger partial charge on any atom is -0.492 e. The number of rotatable bonds is 9. The molecule has 0 saturated carbocycles. The van der Waals surface area contributed by atoms with Crippen LogP contribution in [0.15, 0.2) is 35.1 Å². The van der Waals surface area contributed by atoms with Gasteiger partial charge in [0.15, 0.2) is 0 Å². The van der Waals surface area contributed by atoms with Gasteiger partial charge >= 0.3 is 0 Å². The van der Waals surface area contributed by atoms with Crippen molar-refractivity contribution in [3.05, 3.63) is 57.8 Å². The van der Waals surface area contributed by atoms with Crippen LogP contribution in [0.1, 0.15) is 36.8 Å². The van der Waals surface area contributed by atoms with Gasteiger partial charge in [0.05, 0.1) is 11.8 Å². The molecule has 2 amide bonds. The van der Waals surface area contributed by atoms with Crippen LogP contribution in [0.5, 0.6) is 5.75 Å². The number of nitrogens with one attached hydrogen (secondary N) is 1. The number of hydrogen-bond donors (Lipinski definition) is 1. The van der Waals surface area contributed by atoms with Crippen molar-refractivity contribution in [2.45, 2.75) is 51.3 Å². The van der Waals surface area contributed by atoms with Gasteiger partial charge in [-0.05, 0) is 37.5 Å². The normalized spacial score (nSPS) is 16.1. The van der Waals surface area contributed by atoms with Crippen LogP contribution in [-0.2, 0) is 24.2 Å². The second kappa shape index (κ2) is 9.73. The van der Waals surface area contributed by atoms with E-state index in [2.05, 4.69) is 17.2 Å². The molecule has 1 fully saturated rings. The van der Waals surface area contributed by atoms with Gasteiger partial charge in [0.25, 0.3) is 10.8 Å². The Morgan fingerprint density at radius 3 is 2.62 bits per heavy atom. The van der Waals surface area contributed by atoms with E-state index in [4.69, 9.17) is 4.74 Å². The maximum absolute atomic E-state index is 12.3. The van der Waals surface area contributed by atoms with E-state index < -0.39 is 0 Å². The second-order valence-electron chi connectivity index (χ2n) is 6.99. The topological polar surface area (TPSA) is 90.3 Å². The monoisotopic (exact) mass is 415 g/mol. The largest absolute Gasteiger partial charge is 0.492 e. The molecule has 0 bridgehead atoms. The van der Waals surface area contributed by atoms with Gasteiger partial charge in [0, 0.05) is 18.2 Å². The number of aromatic nitrogens is 2. The molecule has 3 rings (SSSR count). The average molecular weight is 416 g/mol. The third-order valence-corrected chi connectivity index (χ3v) is 5.65. The van der Waals surface area contributed by atoms with Crippen LogP contribution in [-0.4, -0.2) is 32.6 Å². The van der Waals surface area contributed by atoms with E-state index in [1.807, 2.05) is 31.2 Å². The van der Waals surface area contributed by atoms with Crippen molar-refractivity contribution in [3.8, 4) is 5.75 Å². The molecule has 1 atom stereocenters. The van der Waals surface area contributed by atoms with E-state index in [1.54, 1.807) is 10.6 Å². The van der Waals surface area contributed by atoms with Gasteiger partial charge in [-0.25, -0.2) is 4.98 Å². The van der Waals surface area contributed by atoms with E-state index in [-0.39, 0.29) is 22.0 Å². The number of unbranched alkanes of at least 4 members (excludes halogenated alkanes) is 1. The highest BCUT2D eigenvalue weighted by Crippen LogP contribution is 2.23. The van der Waals surface area contributed by atoms with E-state index in [9.17, 15) is 14.4 Å². The number of nitrogens with zero attached hydrogens (tertiary/aromatic N) is 2. The standard InChI is InChI=1S/C21H25N3O4S/c1-3-4-5-18-22-14(2)12-19(25)24(18)10-11-28-16-8-6-15(7-9-16)13-17-20(26)23-21(27)29-17/h6-9,12,17H,3-5,10-11,13H2,1-2H3,(H,23,26,27). The van der Waals surface area contributed by atoms with Gasteiger partial charge in [-0.2, -0.15) is 0 Å². The van der Waals surface area contributed by atoms with Gasteiger partial charge in [-0.1, -0.05) is 37.2 Å². The number of carbonyl (C=O) groups is 2. The van der Waals surface area contributed by atoms with Crippen molar-refractivity contribution in [2.24, 2.45) is 0 Å². The first-order chi connectivity index (χ1) is 14.0. The zero-order valence-corrected chi connectivity index (χ0v) is 17.5. The first-order valence-corrected chi connectivity index (χ1v) is 10.6. The Hall–Kier alpha value is -2.61. The Labute approximate surface area is 173 Å². The predicted octanol–water partition coefficient (Wildman–Crippen LogP) is 2.87. The van der Waals surface area contributed by atoms with Crippen molar-refractivity contribution in [3.63, 3.8) is 0 Å². The van der Waals surface area contributed by atoms with E-state index in [1.165, 1.54) is 0 Å². The number of carbonyl (C=O) groups excluding carboxylic acids is 2. The minimum atomic E-state index is -0.378. The summed E-state index contributed by atoms with van der Waals surface area (Å²) in [5, 5.41) is 1.62. The summed E-state index contributed by atoms with van der Waals surface area (Å²) in [6, 6.07) is 8.99. The number of benzene rings is 1. The SMILES string of the molecule is CCCCc1nc(C)cc(=O)n1CCOc1ccc(CC2SC(=O)NC2=O)cc1. The smallest absolute Gasteiger partial charge is 0.286 e. The Bertz CT molecular complexity index is 940. The van der Waals surface area contributed by atoms with Crippen LogP contribution < -0.4 is 15.6 Å². The zero-order chi connectivity index (χ0) is 20.8. The Morgan fingerprint density at radius 1 is 1.21 bits per heavy atom. The maximum Gasteiger partial charge on any atom is 0.286 e. The number of aryl methyl sites for hydroxylation is 2. The molecule has 1 aromatic carbocycles. The lowest BCUT2D eigenvalue weighted by Crippen LogP contribution is -2.27. The summed E-state index contributed by atoms with van der Waals surface area (Å²) in [6.45, 7) is 4.75. The molecule has 1 aromatic heterocycles. The third kappa shape index (κ3) is 5.69. The molecule has 0 spiro atoms. The molecule has 1 saturated heterocycles. The number of ether oxygens (including phenoxy) is 1. The Morgan fingerprint density at radius 2 is 1.97 bits per heavy atom. The molecule has 29 heavy (non-hydrogen) atoms. The van der Waals surface area contributed by atoms with Crippen molar-refractivity contribution in [1.29, 1.82) is 0 Å². The summed E-state index contributed by atoms with van der Waals surface area (Å²) in [7, 11) is 0. The van der Waals surface area contributed by atoms with Crippen LogP contribution >= 0.6 is 11.8 Å². The molecular formula is C21H25N3O4S. The fourth-order valence-corrected chi connectivity index (χ4v) is 4.02. The van der Waals surface area contributed by atoms with E-state index in [0.717, 1.165) is 48.1 Å². The lowest BCUT2D eigenvalue weighted by atomic mass is 10.1. The molecule has 154 valence electrons. The van der Waals surface area contributed by atoms with Crippen molar-refractivity contribution < 1.29 is 14.3 Å². The fourth-order valence-electron chi connectivity index (χ4n) is 3.16. The summed E-state index contributed by atoms with van der Waals surface area (Å²) in [5.74, 6) is 1.26.